The van der Waals surface area contributed by atoms with Crippen LogP contribution in [-0.2, 0) is 26.2 Å². The van der Waals surface area contributed by atoms with E-state index in [1.807, 2.05) is 85.2 Å². The van der Waals surface area contributed by atoms with Gasteiger partial charge in [0, 0.05) is 32.2 Å². The van der Waals surface area contributed by atoms with Gasteiger partial charge in [0.1, 0.15) is 0 Å². The zero-order chi connectivity index (χ0) is 30.0. The first kappa shape index (κ1) is 32.8. The number of hydrogen-bond acceptors (Lipinski definition) is 4. The minimum Gasteiger partial charge on any atom is -0.342 e. The van der Waals surface area contributed by atoms with Gasteiger partial charge in [-0.1, -0.05) is 82.3 Å². The van der Waals surface area contributed by atoms with Crippen molar-refractivity contribution in [3.05, 3.63) is 71.3 Å². The minimum absolute atomic E-state index is 0.0384. The average Bonchev–Trinajstić information content (AvgIpc) is 2.95. The molecule has 2 amide bonds. The van der Waals surface area contributed by atoms with Crippen LogP contribution in [0.1, 0.15) is 82.4 Å². The molecule has 1 unspecified atom stereocenters. The van der Waals surface area contributed by atoms with Crippen LogP contribution in [-0.4, -0.2) is 72.3 Å². The van der Waals surface area contributed by atoms with E-state index in [4.69, 9.17) is 0 Å². The van der Waals surface area contributed by atoms with Crippen LogP contribution >= 0.6 is 0 Å². The number of amides is 2. The van der Waals surface area contributed by atoms with Crippen LogP contribution in [0.3, 0.4) is 0 Å². The Hall–Kier alpha value is -2.71. The van der Waals surface area contributed by atoms with Crippen molar-refractivity contribution in [2.24, 2.45) is 5.92 Å². The number of rotatable bonds is 14. The summed E-state index contributed by atoms with van der Waals surface area (Å²) in [6.45, 7) is 11.8. The highest BCUT2D eigenvalue weighted by Crippen LogP contribution is 2.27. The maximum Gasteiger partial charge on any atom is 0.238 e. The van der Waals surface area contributed by atoms with Gasteiger partial charge in [-0.2, -0.15) is 4.31 Å². The molecule has 8 heteroatoms. The van der Waals surface area contributed by atoms with Crippen molar-refractivity contribution in [1.82, 2.24) is 14.1 Å². The van der Waals surface area contributed by atoms with Gasteiger partial charge in [-0.3, -0.25) is 9.59 Å². The predicted octanol–water partition coefficient (Wildman–Crippen LogP) is 5.60. The quantitative estimate of drug-likeness (QED) is 0.290. The molecule has 1 aliphatic rings. The Balaban J connectivity index is 1.79. The van der Waals surface area contributed by atoms with Gasteiger partial charge in [-0.15, -0.1) is 0 Å². The highest BCUT2D eigenvalue weighted by Gasteiger charge is 2.34. The molecule has 0 radical (unpaired) electrons. The van der Waals surface area contributed by atoms with Gasteiger partial charge >= 0.3 is 0 Å². The standard InChI is InChI=1S/C33H49N3O4S/c1-6-23-41(39,40)35(22-17-26(3)4)25-32(37)36(24-29-16-12-11-13-27(29)5)30-18-20-34(21-19-30)33(38)31(7-2)28-14-9-8-10-15-28/h8-16,26,30-31H,6-7,17-25H2,1-5H3. The molecule has 1 atom stereocenters. The molecular formula is C33H49N3O4S. The Labute approximate surface area is 248 Å². The molecule has 2 aromatic carbocycles. The lowest BCUT2D eigenvalue weighted by Gasteiger charge is -2.40. The third kappa shape index (κ3) is 9.14. The van der Waals surface area contributed by atoms with Crippen LogP contribution in [0.2, 0.25) is 0 Å². The van der Waals surface area contributed by atoms with E-state index < -0.39 is 10.0 Å². The maximum atomic E-state index is 14.0. The van der Waals surface area contributed by atoms with E-state index in [1.165, 1.54) is 4.31 Å². The summed E-state index contributed by atoms with van der Waals surface area (Å²) in [7, 11) is -3.53. The second-order valence-corrected chi connectivity index (χ2v) is 13.8. The lowest BCUT2D eigenvalue weighted by atomic mass is 9.93. The van der Waals surface area contributed by atoms with E-state index in [0.717, 1.165) is 23.1 Å². The molecule has 0 bridgehead atoms. The van der Waals surface area contributed by atoms with Crippen molar-refractivity contribution in [1.29, 1.82) is 0 Å². The van der Waals surface area contributed by atoms with E-state index in [9.17, 15) is 18.0 Å². The zero-order valence-electron chi connectivity index (χ0n) is 25.6. The largest absolute Gasteiger partial charge is 0.342 e. The lowest BCUT2D eigenvalue weighted by molar-refractivity contribution is -0.138. The molecule has 226 valence electrons. The summed E-state index contributed by atoms with van der Waals surface area (Å²) < 4.78 is 27.7. The number of benzene rings is 2. The fourth-order valence-corrected chi connectivity index (χ4v) is 7.06. The number of nitrogens with zero attached hydrogens (tertiary/aromatic N) is 3. The number of aryl methyl sites for hydroxylation is 1. The van der Waals surface area contributed by atoms with Crippen molar-refractivity contribution in [2.45, 2.75) is 85.2 Å². The van der Waals surface area contributed by atoms with Crippen molar-refractivity contribution < 1.29 is 18.0 Å². The smallest absolute Gasteiger partial charge is 0.238 e. The van der Waals surface area contributed by atoms with Crippen LogP contribution in [0.5, 0.6) is 0 Å². The van der Waals surface area contributed by atoms with Gasteiger partial charge in [-0.25, -0.2) is 8.42 Å². The summed E-state index contributed by atoms with van der Waals surface area (Å²) in [5.41, 5.74) is 3.19. The number of hydrogen-bond donors (Lipinski definition) is 0. The normalized spacial score (nSPS) is 15.3. The monoisotopic (exact) mass is 583 g/mol. The molecule has 0 saturated carbocycles. The highest BCUT2D eigenvalue weighted by atomic mass is 32.2. The number of sulfonamides is 1. The van der Waals surface area contributed by atoms with Gasteiger partial charge in [-0.05, 0) is 61.6 Å². The molecule has 1 fully saturated rings. The first-order valence-corrected chi connectivity index (χ1v) is 16.8. The van der Waals surface area contributed by atoms with Crippen LogP contribution < -0.4 is 0 Å². The molecule has 1 aliphatic heterocycles. The Kier molecular flexibility index (Phi) is 12.4. The van der Waals surface area contributed by atoms with Gasteiger partial charge in [0.25, 0.3) is 0 Å². The second kappa shape index (κ2) is 15.5. The van der Waals surface area contributed by atoms with E-state index in [-0.39, 0.29) is 36.1 Å². The molecule has 2 aromatic rings. The van der Waals surface area contributed by atoms with Crippen LogP contribution in [0.25, 0.3) is 0 Å². The maximum absolute atomic E-state index is 14.0. The highest BCUT2D eigenvalue weighted by molar-refractivity contribution is 7.89. The molecule has 7 nitrogen and oxygen atoms in total. The minimum atomic E-state index is -3.53. The first-order chi connectivity index (χ1) is 19.6. The summed E-state index contributed by atoms with van der Waals surface area (Å²) >= 11 is 0. The van der Waals surface area contributed by atoms with Crippen molar-refractivity contribution in [3.8, 4) is 0 Å². The molecule has 3 rings (SSSR count). The van der Waals surface area contributed by atoms with Crippen LogP contribution in [0.4, 0.5) is 0 Å². The van der Waals surface area contributed by atoms with Gasteiger partial charge in [0.05, 0.1) is 18.2 Å². The topological polar surface area (TPSA) is 78.0 Å². The molecule has 0 N–H and O–H groups in total. The van der Waals surface area contributed by atoms with E-state index in [2.05, 4.69) is 13.8 Å². The fraction of sp³-hybridized carbons (Fsp3) is 0.576. The summed E-state index contributed by atoms with van der Waals surface area (Å²) in [6, 6.07) is 17.9. The van der Waals surface area contributed by atoms with E-state index >= 15 is 0 Å². The molecule has 0 aliphatic carbocycles. The van der Waals surface area contributed by atoms with Gasteiger partial charge < -0.3 is 9.80 Å². The Morgan fingerprint density at radius 2 is 1.61 bits per heavy atom. The third-order valence-electron chi connectivity index (χ3n) is 8.17. The summed E-state index contributed by atoms with van der Waals surface area (Å²) in [5, 5.41) is 0. The summed E-state index contributed by atoms with van der Waals surface area (Å²) in [5.74, 6) is 0.168. The van der Waals surface area contributed by atoms with E-state index in [1.54, 1.807) is 0 Å². The van der Waals surface area contributed by atoms with E-state index in [0.29, 0.717) is 57.8 Å². The van der Waals surface area contributed by atoms with Gasteiger partial charge in [0.15, 0.2) is 0 Å². The summed E-state index contributed by atoms with van der Waals surface area (Å²) in [6.07, 6.45) is 3.29. The predicted molar refractivity (Wildman–Crippen MR) is 166 cm³/mol. The van der Waals surface area contributed by atoms with Crippen molar-refractivity contribution in [2.75, 3.05) is 31.9 Å². The molecule has 0 spiro atoms. The summed E-state index contributed by atoms with van der Waals surface area (Å²) in [4.78, 5) is 31.3. The second-order valence-electron chi connectivity index (χ2n) is 11.7. The van der Waals surface area contributed by atoms with Gasteiger partial charge in [0.2, 0.25) is 21.8 Å². The first-order valence-electron chi connectivity index (χ1n) is 15.2. The Morgan fingerprint density at radius 1 is 0.976 bits per heavy atom. The van der Waals surface area contributed by atoms with Crippen molar-refractivity contribution >= 4 is 21.8 Å². The number of piperidine rings is 1. The number of carbonyl (C=O) groups is 2. The number of carbonyl (C=O) groups excluding carboxylic acids is 2. The fourth-order valence-electron chi connectivity index (χ4n) is 5.60. The molecule has 1 saturated heterocycles. The van der Waals surface area contributed by atoms with Crippen molar-refractivity contribution in [3.63, 3.8) is 0 Å². The SMILES string of the molecule is CCCS(=O)(=O)N(CCC(C)C)CC(=O)N(Cc1ccccc1C)C1CCN(C(=O)C(CC)c2ccccc2)CC1. The molecule has 0 aromatic heterocycles. The molecular weight excluding hydrogens is 534 g/mol. The van der Waals surface area contributed by atoms with Crippen LogP contribution in [0.15, 0.2) is 54.6 Å². The lowest BCUT2D eigenvalue weighted by Crippen LogP contribution is -2.52. The average molecular weight is 584 g/mol. The molecule has 41 heavy (non-hydrogen) atoms. The third-order valence-corrected chi connectivity index (χ3v) is 10.2. The zero-order valence-corrected chi connectivity index (χ0v) is 26.4. The number of likely N-dealkylation sites (tertiary alicyclic amines) is 1. The Bertz CT molecular complexity index is 1220. The van der Waals surface area contributed by atoms with Crippen LogP contribution in [0, 0.1) is 12.8 Å². The molecule has 1 heterocycles. The Morgan fingerprint density at radius 3 is 2.20 bits per heavy atom.